The Balaban J connectivity index is 3.22. The lowest BCUT2D eigenvalue weighted by atomic mass is 9.88. The predicted molar refractivity (Wildman–Crippen MR) is 56.8 cm³/mol. The van der Waals surface area contributed by atoms with Gasteiger partial charge < -0.3 is 0 Å². The SMILES string of the molecule is C=CC1(C)CC(Cl)(Cl)C(=O)C1(Cl)Cl. The van der Waals surface area contributed by atoms with Crippen LogP contribution in [-0.2, 0) is 4.79 Å². The van der Waals surface area contributed by atoms with Gasteiger partial charge in [0.05, 0.1) is 0 Å². The fourth-order valence-electron chi connectivity index (χ4n) is 1.34. The molecule has 0 spiro atoms. The Morgan fingerprint density at radius 1 is 1.38 bits per heavy atom. The second-order valence-electron chi connectivity index (χ2n) is 3.41. The summed E-state index contributed by atoms with van der Waals surface area (Å²) in [5.41, 5.74) is -0.781. The molecule has 5 heteroatoms. The standard InChI is InChI=1S/C8H8Cl4O/c1-3-6(2)4-7(9,10)5(13)8(6,11)12/h3H,1,4H2,2H3. The monoisotopic (exact) mass is 260 g/mol. The van der Waals surface area contributed by atoms with Crippen LogP contribution in [0.4, 0.5) is 0 Å². The van der Waals surface area contributed by atoms with E-state index in [1.54, 1.807) is 6.92 Å². The van der Waals surface area contributed by atoms with Crippen LogP contribution in [0.2, 0.25) is 0 Å². The number of rotatable bonds is 1. The molecule has 13 heavy (non-hydrogen) atoms. The lowest BCUT2D eigenvalue weighted by molar-refractivity contribution is -0.119. The first-order chi connectivity index (χ1) is 5.67. The molecule has 0 aliphatic heterocycles. The molecule has 1 saturated carbocycles. The van der Waals surface area contributed by atoms with Gasteiger partial charge in [0, 0.05) is 5.41 Å². The van der Waals surface area contributed by atoms with Crippen molar-refractivity contribution < 1.29 is 4.79 Å². The highest BCUT2D eigenvalue weighted by molar-refractivity contribution is 6.70. The van der Waals surface area contributed by atoms with Crippen molar-refractivity contribution in [3.8, 4) is 0 Å². The topological polar surface area (TPSA) is 17.1 Å². The van der Waals surface area contributed by atoms with Gasteiger partial charge in [0.15, 0.2) is 8.67 Å². The quantitative estimate of drug-likeness (QED) is 0.522. The normalized spacial score (nSPS) is 36.2. The molecular weight excluding hydrogens is 254 g/mol. The number of carbonyl (C=O) groups is 1. The summed E-state index contributed by atoms with van der Waals surface area (Å²) in [5, 5.41) is 0. The molecule has 0 heterocycles. The molecule has 1 fully saturated rings. The number of carbonyl (C=O) groups excluding carboxylic acids is 1. The molecule has 74 valence electrons. The number of hydrogen-bond donors (Lipinski definition) is 0. The van der Waals surface area contributed by atoms with Gasteiger partial charge in [0.25, 0.3) is 0 Å². The van der Waals surface area contributed by atoms with Gasteiger partial charge in [0.1, 0.15) is 0 Å². The molecular formula is C8H8Cl4O. The van der Waals surface area contributed by atoms with E-state index in [1.807, 2.05) is 0 Å². The zero-order valence-corrected chi connectivity index (χ0v) is 9.94. The van der Waals surface area contributed by atoms with Crippen LogP contribution >= 0.6 is 46.4 Å². The van der Waals surface area contributed by atoms with Gasteiger partial charge in [-0.1, -0.05) is 59.4 Å². The van der Waals surface area contributed by atoms with Crippen LogP contribution in [0.3, 0.4) is 0 Å². The highest BCUT2D eigenvalue weighted by Crippen LogP contribution is 2.59. The largest absolute Gasteiger partial charge is 0.293 e. The molecule has 0 N–H and O–H groups in total. The predicted octanol–water partition coefficient (Wildman–Crippen LogP) is 3.50. The van der Waals surface area contributed by atoms with Crippen molar-refractivity contribution in [3.63, 3.8) is 0 Å². The lowest BCUT2D eigenvalue weighted by Crippen LogP contribution is -2.36. The van der Waals surface area contributed by atoms with Crippen molar-refractivity contribution in [2.24, 2.45) is 5.41 Å². The van der Waals surface area contributed by atoms with Crippen molar-refractivity contribution in [3.05, 3.63) is 12.7 Å². The molecule has 0 aromatic rings. The second kappa shape index (κ2) is 3.03. The molecule has 1 aliphatic carbocycles. The maximum atomic E-state index is 11.5. The molecule has 1 nitrogen and oxygen atoms in total. The number of hydrogen-bond acceptors (Lipinski definition) is 1. The van der Waals surface area contributed by atoms with E-state index in [4.69, 9.17) is 46.4 Å². The maximum Gasteiger partial charge on any atom is 0.205 e. The summed E-state index contributed by atoms with van der Waals surface area (Å²) < 4.78 is -3.09. The number of Topliss-reactive ketones (excluding diaryl/α,β-unsaturated/α-hetero) is 1. The fraction of sp³-hybridized carbons (Fsp3) is 0.625. The van der Waals surface area contributed by atoms with Gasteiger partial charge >= 0.3 is 0 Å². The van der Waals surface area contributed by atoms with Crippen LogP contribution < -0.4 is 0 Å². The Kier molecular flexibility index (Phi) is 2.71. The first kappa shape index (κ1) is 11.6. The highest BCUT2D eigenvalue weighted by atomic mass is 35.5. The van der Waals surface area contributed by atoms with Crippen LogP contribution in [0.5, 0.6) is 0 Å². The molecule has 0 radical (unpaired) electrons. The molecule has 0 amide bonds. The average molecular weight is 262 g/mol. The van der Waals surface area contributed by atoms with Gasteiger partial charge in [-0.15, -0.1) is 6.58 Å². The minimum Gasteiger partial charge on any atom is -0.293 e. The first-order valence-electron chi connectivity index (χ1n) is 3.61. The Hall–Kier alpha value is 0.570. The molecule has 1 unspecified atom stereocenters. The molecule has 1 atom stereocenters. The summed E-state index contributed by atoms with van der Waals surface area (Å²) in [5.74, 6) is -0.575. The molecule has 0 bridgehead atoms. The van der Waals surface area contributed by atoms with Gasteiger partial charge in [-0.3, -0.25) is 4.79 Å². The number of alkyl halides is 4. The molecule has 0 saturated heterocycles. The van der Waals surface area contributed by atoms with Crippen molar-refractivity contribution in [1.82, 2.24) is 0 Å². The van der Waals surface area contributed by atoms with E-state index in [1.165, 1.54) is 6.08 Å². The van der Waals surface area contributed by atoms with Crippen LogP contribution in [0.1, 0.15) is 13.3 Å². The van der Waals surface area contributed by atoms with E-state index in [0.29, 0.717) is 0 Å². The van der Waals surface area contributed by atoms with Gasteiger partial charge in [-0.25, -0.2) is 0 Å². The van der Waals surface area contributed by atoms with E-state index in [-0.39, 0.29) is 6.42 Å². The van der Waals surface area contributed by atoms with Gasteiger partial charge in [-0.05, 0) is 6.42 Å². The zero-order chi connectivity index (χ0) is 10.5. The van der Waals surface area contributed by atoms with Gasteiger partial charge in [-0.2, -0.15) is 0 Å². The van der Waals surface area contributed by atoms with Crippen LogP contribution in [0.25, 0.3) is 0 Å². The fourth-order valence-corrected chi connectivity index (χ4v) is 2.98. The van der Waals surface area contributed by atoms with Crippen LogP contribution in [-0.4, -0.2) is 14.4 Å². The summed E-state index contributed by atoms with van der Waals surface area (Å²) >= 11 is 23.3. The summed E-state index contributed by atoms with van der Waals surface area (Å²) in [6.45, 7) is 5.27. The maximum absolute atomic E-state index is 11.5. The Morgan fingerprint density at radius 3 is 2.00 bits per heavy atom. The molecule has 0 aromatic carbocycles. The third-order valence-electron chi connectivity index (χ3n) is 2.37. The number of allylic oxidation sites excluding steroid dienone is 1. The highest BCUT2D eigenvalue weighted by Gasteiger charge is 2.65. The van der Waals surface area contributed by atoms with Crippen LogP contribution in [0.15, 0.2) is 12.7 Å². The summed E-state index contributed by atoms with van der Waals surface area (Å²) in [4.78, 5) is 11.5. The molecule has 1 rings (SSSR count). The minimum absolute atomic E-state index is 0.179. The van der Waals surface area contributed by atoms with E-state index in [0.717, 1.165) is 0 Å². The Bertz CT molecular complexity index is 269. The number of ketones is 1. The van der Waals surface area contributed by atoms with Crippen LogP contribution in [0, 0.1) is 5.41 Å². The zero-order valence-electron chi connectivity index (χ0n) is 6.91. The third-order valence-corrected chi connectivity index (χ3v) is 4.19. The average Bonchev–Trinajstić information content (AvgIpc) is 2.11. The molecule has 1 aliphatic rings. The van der Waals surface area contributed by atoms with Gasteiger partial charge in [0.2, 0.25) is 5.78 Å². The van der Waals surface area contributed by atoms with Crippen molar-refractivity contribution in [2.75, 3.05) is 0 Å². The van der Waals surface area contributed by atoms with E-state index in [2.05, 4.69) is 6.58 Å². The Labute approximate surface area is 97.0 Å². The van der Waals surface area contributed by atoms with E-state index < -0.39 is 19.9 Å². The van der Waals surface area contributed by atoms with E-state index >= 15 is 0 Å². The second-order valence-corrected chi connectivity index (χ2v) is 6.22. The van der Waals surface area contributed by atoms with E-state index in [9.17, 15) is 4.79 Å². The smallest absolute Gasteiger partial charge is 0.205 e. The minimum atomic E-state index is -1.59. The third kappa shape index (κ3) is 1.50. The first-order valence-corrected chi connectivity index (χ1v) is 5.13. The Morgan fingerprint density at radius 2 is 1.85 bits per heavy atom. The lowest BCUT2D eigenvalue weighted by Gasteiger charge is -2.28. The molecule has 0 aromatic heterocycles. The summed E-state index contributed by atoms with van der Waals surface area (Å²) in [7, 11) is 0. The van der Waals surface area contributed by atoms with Crippen molar-refractivity contribution >= 4 is 52.2 Å². The number of halogens is 4. The summed E-state index contributed by atoms with van der Waals surface area (Å²) in [6, 6.07) is 0. The van der Waals surface area contributed by atoms with Crippen molar-refractivity contribution in [1.29, 1.82) is 0 Å². The van der Waals surface area contributed by atoms with Crippen molar-refractivity contribution in [2.45, 2.75) is 22.0 Å². The summed E-state index contributed by atoms with van der Waals surface area (Å²) in [6.07, 6.45) is 1.69.